The van der Waals surface area contributed by atoms with E-state index in [4.69, 9.17) is 9.97 Å². The van der Waals surface area contributed by atoms with E-state index in [1.807, 2.05) is 0 Å². The van der Waals surface area contributed by atoms with E-state index in [1.165, 1.54) is 65.9 Å². The van der Waals surface area contributed by atoms with Crippen molar-refractivity contribution >= 4 is 43.6 Å². The largest absolute Gasteiger partial charge is 0.309 e. The molecule has 0 saturated heterocycles. The average molecular weight is 661 g/mol. The lowest BCUT2D eigenvalue weighted by Crippen LogP contribution is -2.03. The third-order valence-corrected chi connectivity index (χ3v) is 10.7. The van der Waals surface area contributed by atoms with Crippen LogP contribution in [0.4, 0.5) is 0 Å². The Morgan fingerprint density at radius 2 is 0.863 bits per heavy atom. The Morgan fingerprint density at radius 1 is 0.412 bits per heavy atom. The van der Waals surface area contributed by atoms with Crippen LogP contribution in [0.1, 0.15) is 39.2 Å². The van der Waals surface area contributed by atoms with Gasteiger partial charge in [0.2, 0.25) is 0 Å². The Balaban J connectivity index is 1.29. The zero-order chi connectivity index (χ0) is 35.1. The molecule has 248 valence electrons. The lowest BCUT2D eigenvalue weighted by Gasteiger charge is -2.17. The highest BCUT2D eigenvalue weighted by Crippen LogP contribution is 2.39. The van der Waals surface area contributed by atoms with Gasteiger partial charge in [-0.2, -0.15) is 0 Å². The van der Waals surface area contributed by atoms with Crippen LogP contribution in [0.25, 0.3) is 77.5 Å². The van der Waals surface area contributed by atoms with Gasteiger partial charge < -0.3 is 9.13 Å². The standard InChI is InChI=1S/C47H40N4/c1-27-11-16-42-37(21-27)38-22-28(2)12-17-43(38)50(42)36-10-8-9-34(25-36)35-15-20-46(41(26-35)47-48-32(6)31(5)33(7)49-47)51-44-18-13-29(3)23-39(44)40-24-30(4)14-19-45(40)51/h8-26H,1-7H3. The Labute approximate surface area is 298 Å². The summed E-state index contributed by atoms with van der Waals surface area (Å²) in [5.74, 6) is 0.742. The molecule has 3 aromatic heterocycles. The lowest BCUT2D eigenvalue weighted by molar-refractivity contribution is 1.02. The minimum Gasteiger partial charge on any atom is -0.309 e. The molecule has 4 heteroatoms. The second kappa shape index (κ2) is 11.5. The van der Waals surface area contributed by atoms with Crippen LogP contribution in [0.5, 0.6) is 0 Å². The third-order valence-electron chi connectivity index (χ3n) is 10.7. The molecule has 0 unspecified atom stereocenters. The summed E-state index contributed by atoms with van der Waals surface area (Å²) in [7, 11) is 0. The Hall–Kier alpha value is -6.00. The molecule has 0 radical (unpaired) electrons. The van der Waals surface area contributed by atoms with E-state index in [-0.39, 0.29) is 0 Å². The first-order valence-corrected chi connectivity index (χ1v) is 17.7. The molecule has 0 bridgehead atoms. The summed E-state index contributed by atoms with van der Waals surface area (Å²) in [5, 5.41) is 5.07. The van der Waals surface area contributed by atoms with Crippen LogP contribution in [-0.4, -0.2) is 19.1 Å². The first kappa shape index (κ1) is 31.0. The Kier molecular flexibility index (Phi) is 7.01. The summed E-state index contributed by atoms with van der Waals surface area (Å²) in [5.41, 5.74) is 18.4. The first-order valence-electron chi connectivity index (χ1n) is 17.7. The molecule has 0 N–H and O–H groups in total. The zero-order valence-electron chi connectivity index (χ0n) is 30.3. The van der Waals surface area contributed by atoms with Crippen LogP contribution in [0.2, 0.25) is 0 Å². The van der Waals surface area contributed by atoms with Crippen molar-refractivity contribution in [3.05, 3.63) is 154 Å². The van der Waals surface area contributed by atoms with Crippen molar-refractivity contribution in [2.45, 2.75) is 48.5 Å². The maximum Gasteiger partial charge on any atom is 0.161 e. The summed E-state index contributed by atoms with van der Waals surface area (Å²) in [4.78, 5) is 10.2. The van der Waals surface area contributed by atoms with Gasteiger partial charge in [-0.3, -0.25) is 0 Å². The second-order valence-electron chi connectivity index (χ2n) is 14.4. The van der Waals surface area contributed by atoms with Crippen molar-refractivity contribution in [1.29, 1.82) is 0 Å². The van der Waals surface area contributed by atoms with Gasteiger partial charge in [0.15, 0.2) is 5.82 Å². The van der Waals surface area contributed by atoms with Crippen molar-refractivity contribution < 1.29 is 0 Å². The monoisotopic (exact) mass is 660 g/mol. The number of nitrogens with zero attached hydrogens (tertiary/aromatic N) is 4. The van der Waals surface area contributed by atoms with Crippen LogP contribution < -0.4 is 0 Å². The summed E-state index contributed by atoms with van der Waals surface area (Å²) < 4.78 is 4.80. The molecule has 0 aliphatic rings. The fourth-order valence-electron chi connectivity index (χ4n) is 7.85. The molecule has 0 atom stereocenters. The summed E-state index contributed by atoms with van der Waals surface area (Å²) >= 11 is 0. The number of aryl methyl sites for hydroxylation is 6. The quantitative estimate of drug-likeness (QED) is 0.188. The number of benzene rings is 6. The first-order chi connectivity index (χ1) is 24.6. The molecule has 4 nitrogen and oxygen atoms in total. The summed E-state index contributed by atoms with van der Waals surface area (Å²) in [6.45, 7) is 14.9. The normalized spacial score (nSPS) is 11.8. The predicted molar refractivity (Wildman–Crippen MR) is 215 cm³/mol. The van der Waals surface area contributed by atoms with Gasteiger partial charge >= 0.3 is 0 Å². The van der Waals surface area contributed by atoms with Crippen molar-refractivity contribution in [3.8, 4) is 33.9 Å². The number of fused-ring (bicyclic) bond motifs is 6. The van der Waals surface area contributed by atoms with E-state index >= 15 is 0 Å². The highest BCUT2D eigenvalue weighted by atomic mass is 15.0. The minimum atomic E-state index is 0.742. The van der Waals surface area contributed by atoms with E-state index in [2.05, 4.69) is 173 Å². The smallest absolute Gasteiger partial charge is 0.161 e. The van der Waals surface area contributed by atoms with Crippen LogP contribution in [0.3, 0.4) is 0 Å². The van der Waals surface area contributed by atoms with E-state index in [9.17, 15) is 0 Å². The lowest BCUT2D eigenvalue weighted by atomic mass is 10.00. The van der Waals surface area contributed by atoms with Crippen molar-refractivity contribution in [2.24, 2.45) is 0 Å². The predicted octanol–water partition coefficient (Wildman–Crippen LogP) is 12.2. The minimum absolute atomic E-state index is 0.742. The maximum atomic E-state index is 5.11. The fraction of sp³-hybridized carbons (Fsp3) is 0.149. The fourth-order valence-corrected chi connectivity index (χ4v) is 7.85. The van der Waals surface area contributed by atoms with Crippen molar-refractivity contribution in [3.63, 3.8) is 0 Å². The molecule has 9 aromatic rings. The molecule has 9 rings (SSSR count). The van der Waals surface area contributed by atoms with Crippen molar-refractivity contribution in [2.75, 3.05) is 0 Å². The SMILES string of the molecule is Cc1ccc2c(c1)c1cc(C)ccc1n2-c1cccc(-c2ccc(-n3c4ccc(C)cc4c4cc(C)ccc43)c(-c3nc(C)c(C)c(C)n3)c2)c1. The molecule has 0 fully saturated rings. The van der Waals surface area contributed by atoms with Crippen molar-refractivity contribution in [1.82, 2.24) is 19.1 Å². The summed E-state index contributed by atoms with van der Waals surface area (Å²) in [6, 6.07) is 42.8. The highest BCUT2D eigenvalue weighted by Gasteiger charge is 2.20. The molecule has 51 heavy (non-hydrogen) atoms. The van der Waals surface area contributed by atoms with Gasteiger partial charge in [0.1, 0.15) is 0 Å². The average Bonchev–Trinajstić information content (AvgIpc) is 3.61. The van der Waals surface area contributed by atoms with Gasteiger partial charge in [-0.25, -0.2) is 9.97 Å². The van der Waals surface area contributed by atoms with Gasteiger partial charge in [-0.15, -0.1) is 0 Å². The van der Waals surface area contributed by atoms with E-state index in [0.717, 1.165) is 50.8 Å². The Bertz CT molecular complexity index is 2740. The molecular formula is C47H40N4. The van der Waals surface area contributed by atoms with Gasteiger partial charge in [0, 0.05) is 44.2 Å². The molecule has 0 aliphatic heterocycles. The topological polar surface area (TPSA) is 35.6 Å². The van der Waals surface area contributed by atoms with E-state index < -0.39 is 0 Å². The third kappa shape index (κ3) is 4.97. The molecule has 0 spiro atoms. The highest BCUT2D eigenvalue weighted by molar-refractivity contribution is 6.11. The van der Waals surface area contributed by atoms with Gasteiger partial charge in [0.05, 0.1) is 27.8 Å². The molecule has 0 aliphatic carbocycles. The van der Waals surface area contributed by atoms with Crippen LogP contribution in [-0.2, 0) is 0 Å². The molecule has 3 heterocycles. The molecule has 6 aromatic carbocycles. The maximum absolute atomic E-state index is 5.11. The zero-order valence-corrected chi connectivity index (χ0v) is 30.3. The Morgan fingerprint density at radius 3 is 1.35 bits per heavy atom. The van der Waals surface area contributed by atoms with Crippen LogP contribution >= 0.6 is 0 Å². The van der Waals surface area contributed by atoms with E-state index in [0.29, 0.717) is 0 Å². The molecule has 0 saturated carbocycles. The number of hydrogen-bond acceptors (Lipinski definition) is 2. The number of rotatable bonds is 4. The van der Waals surface area contributed by atoms with Crippen LogP contribution in [0.15, 0.2) is 115 Å². The van der Waals surface area contributed by atoms with Crippen LogP contribution in [0, 0.1) is 48.5 Å². The summed E-state index contributed by atoms with van der Waals surface area (Å²) in [6.07, 6.45) is 0. The van der Waals surface area contributed by atoms with E-state index in [1.54, 1.807) is 0 Å². The molecular weight excluding hydrogens is 621 g/mol. The molecule has 0 amide bonds. The number of hydrogen-bond donors (Lipinski definition) is 0. The van der Waals surface area contributed by atoms with Gasteiger partial charge in [-0.05, 0) is 138 Å². The van der Waals surface area contributed by atoms with Gasteiger partial charge in [-0.1, -0.05) is 64.7 Å². The second-order valence-corrected chi connectivity index (χ2v) is 14.4. The van der Waals surface area contributed by atoms with Gasteiger partial charge in [0.25, 0.3) is 0 Å². The number of aromatic nitrogens is 4.